The van der Waals surface area contributed by atoms with Gasteiger partial charge in [0.1, 0.15) is 0 Å². The van der Waals surface area contributed by atoms with Crippen LogP contribution in [0.25, 0.3) is 0 Å². The zero-order valence-electron chi connectivity index (χ0n) is 8.92. The van der Waals surface area contributed by atoms with Gasteiger partial charge in [-0.25, -0.2) is 0 Å². The van der Waals surface area contributed by atoms with Crippen LogP contribution < -0.4 is 0 Å². The maximum Gasteiger partial charge on any atom is 0.0721 e. The van der Waals surface area contributed by atoms with Crippen molar-refractivity contribution in [3.8, 4) is 11.8 Å². The molecule has 0 amide bonds. The Balaban J connectivity index is 2.08. The maximum atomic E-state index is 5.12. The average molecular weight is 198 g/mol. The maximum absolute atomic E-state index is 5.12. The predicted molar refractivity (Wildman–Crippen MR) is 62.3 cm³/mol. The van der Waals surface area contributed by atoms with Crippen LogP contribution in [0.2, 0.25) is 0 Å². The van der Waals surface area contributed by atoms with Crippen LogP contribution in [0.3, 0.4) is 0 Å². The van der Waals surface area contributed by atoms with Crippen molar-refractivity contribution < 1.29 is 4.74 Å². The minimum absolute atomic E-state index is 0.664. The van der Waals surface area contributed by atoms with Crippen LogP contribution >= 0.6 is 0 Å². The van der Waals surface area contributed by atoms with Crippen molar-refractivity contribution in [3.05, 3.63) is 47.1 Å². The third kappa shape index (κ3) is 2.49. The molecule has 76 valence electrons. The Morgan fingerprint density at radius 3 is 2.93 bits per heavy atom. The molecule has 0 aliphatic heterocycles. The Kier molecular flexibility index (Phi) is 3.22. The molecule has 0 N–H and O–H groups in total. The molecule has 0 atom stereocenters. The first kappa shape index (κ1) is 10.0. The minimum atomic E-state index is 0.664. The van der Waals surface area contributed by atoms with Crippen LogP contribution in [0.15, 0.2) is 47.1 Å². The number of allylic oxidation sites excluding steroid dienone is 6. The van der Waals surface area contributed by atoms with E-state index in [-0.39, 0.29) is 0 Å². The van der Waals surface area contributed by atoms with Gasteiger partial charge in [-0.2, -0.15) is 0 Å². The molecule has 2 aliphatic rings. The van der Waals surface area contributed by atoms with Crippen molar-refractivity contribution in [2.24, 2.45) is 0 Å². The van der Waals surface area contributed by atoms with Gasteiger partial charge in [-0.1, -0.05) is 42.2 Å². The highest BCUT2D eigenvalue weighted by Crippen LogP contribution is 2.19. The zero-order valence-corrected chi connectivity index (χ0v) is 8.92. The molecule has 2 aliphatic carbocycles. The van der Waals surface area contributed by atoms with Crippen LogP contribution in [0.1, 0.15) is 12.8 Å². The molecular formula is C14H14O. The predicted octanol–water partition coefficient (Wildman–Crippen LogP) is 2.78. The Morgan fingerprint density at radius 1 is 1.27 bits per heavy atom. The van der Waals surface area contributed by atoms with Gasteiger partial charge in [-0.15, -0.1) is 0 Å². The van der Waals surface area contributed by atoms with E-state index < -0.39 is 0 Å². The molecule has 0 aromatic carbocycles. The Morgan fingerprint density at radius 2 is 2.20 bits per heavy atom. The second kappa shape index (κ2) is 4.82. The summed E-state index contributed by atoms with van der Waals surface area (Å²) in [6.07, 6.45) is 12.4. The molecule has 0 saturated carbocycles. The molecule has 0 spiro atoms. The van der Waals surface area contributed by atoms with Gasteiger partial charge < -0.3 is 4.74 Å². The summed E-state index contributed by atoms with van der Waals surface area (Å²) in [6, 6.07) is 0. The van der Waals surface area contributed by atoms with E-state index in [2.05, 4.69) is 42.2 Å². The first-order chi connectivity index (χ1) is 7.40. The lowest BCUT2D eigenvalue weighted by Crippen LogP contribution is -1.92. The molecule has 0 aromatic heterocycles. The lowest BCUT2D eigenvalue weighted by Gasteiger charge is -1.98. The first-order valence-electron chi connectivity index (χ1n) is 5.15. The standard InChI is InChI=1S/C14H14O/c1-15-11-14-8-4-7-13(14)10-9-12-5-2-3-6-12/h2-5,8H,6-7,11H2,1H3. The summed E-state index contributed by atoms with van der Waals surface area (Å²) in [5, 5.41) is 0. The largest absolute Gasteiger partial charge is 0.380 e. The lowest BCUT2D eigenvalue weighted by atomic mass is 10.1. The molecule has 1 nitrogen and oxygen atoms in total. The molecule has 2 rings (SSSR count). The van der Waals surface area contributed by atoms with Crippen molar-refractivity contribution in [2.45, 2.75) is 12.8 Å². The number of hydrogen-bond acceptors (Lipinski definition) is 1. The summed E-state index contributed by atoms with van der Waals surface area (Å²) in [4.78, 5) is 0. The molecular weight excluding hydrogens is 184 g/mol. The summed E-state index contributed by atoms with van der Waals surface area (Å²) in [6.45, 7) is 0.664. The van der Waals surface area contributed by atoms with E-state index in [1.165, 1.54) is 16.7 Å². The molecule has 0 heterocycles. The summed E-state index contributed by atoms with van der Waals surface area (Å²) in [5.74, 6) is 6.44. The normalized spacial score (nSPS) is 18.1. The summed E-state index contributed by atoms with van der Waals surface area (Å²) < 4.78 is 5.12. The van der Waals surface area contributed by atoms with Gasteiger partial charge in [0.2, 0.25) is 0 Å². The lowest BCUT2D eigenvalue weighted by molar-refractivity contribution is 0.228. The van der Waals surface area contributed by atoms with E-state index in [9.17, 15) is 0 Å². The Labute approximate surface area is 90.8 Å². The first-order valence-corrected chi connectivity index (χ1v) is 5.15. The van der Waals surface area contributed by atoms with Crippen molar-refractivity contribution in [2.75, 3.05) is 13.7 Å². The van der Waals surface area contributed by atoms with Crippen molar-refractivity contribution in [1.29, 1.82) is 0 Å². The molecule has 15 heavy (non-hydrogen) atoms. The van der Waals surface area contributed by atoms with Crippen LogP contribution in [0.4, 0.5) is 0 Å². The average Bonchev–Trinajstić information content (AvgIpc) is 2.85. The molecule has 0 fully saturated rings. The van der Waals surface area contributed by atoms with Gasteiger partial charge in [0.05, 0.1) is 6.61 Å². The number of hydrogen-bond donors (Lipinski definition) is 0. The Hall–Kier alpha value is -1.52. The van der Waals surface area contributed by atoms with Gasteiger partial charge in [0.15, 0.2) is 0 Å². The van der Waals surface area contributed by atoms with E-state index >= 15 is 0 Å². The van der Waals surface area contributed by atoms with Crippen LogP contribution in [-0.2, 0) is 4.74 Å². The van der Waals surface area contributed by atoms with Crippen LogP contribution in [0.5, 0.6) is 0 Å². The molecule has 0 radical (unpaired) electrons. The highest BCUT2D eigenvalue weighted by Gasteiger charge is 2.06. The van der Waals surface area contributed by atoms with E-state index in [0.29, 0.717) is 6.61 Å². The van der Waals surface area contributed by atoms with E-state index in [0.717, 1.165) is 12.8 Å². The second-order valence-corrected chi connectivity index (χ2v) is 3.62. The smallest absolute Gasteiger partial charge is 0.0721 e. The third-order valence-corrected chi connectivity index (χ3v) is 2.47. The van der Waals surface area contributed by atoms with Gasteiger partial charge >= 0.3 is 0 Å². The van der Waals surface area contributed by atoms with E-state index in [1.54, 1.807) is 7.11 Å². The number of rotatable bonds is 2. The van der Waals surface area contributed by atoms with Gasteiger partial charge in [-0.3, -0.25) is 0 Å². The fourth-order valence-corrected chi connectivity index (χ4v) is 1.67. The quantitative estimate of drug-likeness (QED) is 0.620. The minimum Gasteiger partial charge on any atom is -0.380 e. The number of ether oxygens (including phenoxy) is 1. The Bertz CT molecular complexity index is 422. The molecule has 0 unspecified atom stereocenters. The van der Waals surface area contributed by atoms with Crippen LogP contribution in [-0.4, -0.2) is 13.7 Å². The molecule has 1 heteroatoms. The SMILES string of the molecule is COCC1=C(C#CC2=CC=CC2)CC=C1. The van der Waals surface area contributed by atoms with Gasteiger partial charge in [-0.05, 0) is 18.4 Å². The monoisotopic (exact) mass is 198 g/mol. The van der Waals surface area contributed by atoms with E-state index in [4.69, 9.17) is 4.74 Å². The van der Waals surface area contributed by atoms with Gasteiger partial charge in [0.25, 0.3) is 0 Å². The summed E-state index contributed by atoms with van der Waals surface area (Å²) in [5.41, 5.74) is 3.62. The molecule has 0 aromatic rings. The highest BCUT2D eigenvalue weighted by atomic mass is 16.5. The van der Waals surface area contributed by atoms with Gasteiger partial charge in [0, 0.05) is 18.3 Å². The summed E-state index contributed by atoms with van der Waals surface area (Å²) in [7, 11) is 1.72. The highest BCUT2D eigenvalue weighted by molar-refractivity contribution is 5.49. The van der Waals surface area contributed by atoms with E-state index in [1.807, 2.05) is 0 Å². The fraction of sp³-hybridized carbons (Fsp3) is 0.286. The van der Waals surface area contributed by atoms with Crippen molar-refractivity contribution >= 4 is 0 Å². The molecule has 0 saturated heterocycles. The summed E-state index contributed by atoms with van der Waals surface area (Å²) >= 11 is 0. The number of methoxy groups -OCH3 is 1. The van der Waals surface area contributed by atoms with Crippen LogP contribution in [0, 0.1) is 11.8 Å². The van der Waals surface area contributed by atoms with Crippen molar-refractivity contribution in [3.63, 3.8) is 0 Å². The van der Waals surface area contributed by atoms with Crippen molar-refractivity contribution in [1.82, 2.24) is 0 Å². The third-order valence-electron chi connectivity index (χ3n) is 2.47. The zero-order chi connectivity index (χ0) is 10.5. The molecule has 0 bridgehead atoms. The fourth-order valence-electron chi connectivity index (χ4n) is 1.67. The topological polar surface area (TPSA) is 9.23 Å². The second-order valence-electron chi connectivity index (χ2n) is 3.62.